The molecule has 1 aliphatic rings. The number of pyridine rings is 1. The molecule has 1 aliphatic carbocycles. The third-order valence-electron chi connectivity index (χ3n) is 6.78. The quantitative estimate of drug-likeness (QED) is 0.219. The SMILES string of the molecule is O=[N+]([O-])c1ccccc1-c1cccc2c1-c1ccccc1C2(c1ccccc1)c1ccncc1. The van der Waals surface area contributed by atoms with Crippen molar-refractivity contribution in [3.05, 3.63) is 154 Å². The lowest BCUT2D eigenvalue weighted by Gasteiger charge is -2.33. The van der Waals surface area contributed by atoms with Crippen LogP contribution in [0.15, 0.2) is 122 Å². The number of fused-ring (bicyclic) bond motifs is 3. The standard InChI is InChI=1S/C30H20N2O2/c33-32(34)28-16-7-5-11-23(28)24-13-8-15-27-29(24)25-12-4-6-14-26(25)30(27,21-9-2-1-3-10-21)22-17-19-31-20-18-22/h1-20H. The van der Waals surface area contributed by atoms with Gasteiger partial charge in [-0.05, 0) is 57.1 Å². The summed E-state index contributed by atoms with van der Waals surface area (Å²) < 4.78 is 0. The number of hydrogen-bond donors (Lipinski definition) is 0. The van der Waals surface area contributed by atoms with Crippen molar-refractivity contribution < 1.29 is 4.92 Å². The first kappa shape index (κ1) is 20.1. The van der Waals surface area contributed by atoms with Crippen LogP contribution in [0.3, 0.4) is 0 Å². The van der Waals surface area contributed by atoms with Crippen LogP contribution in [0.4, 0.5) is 5.69 Å². The predicted molar refractivity (Wildman–Crippen MR) is 134 cm³/mol. The van der Waals surface area contributed by atoms with Crippen LogP contribution in [-0.4, -0.2) is 9.91 Å². The summed E-state index contributed by atoms with van der Waals surface area (Å²) in [7, 11) is 0. The highest BCUT2D eigenvalue weighted by atomic mass is 16.6. The number of hydrogen-bond acceptors (Lipinski definition) is 3. The van der Waals surface area contributed by atoms with Crippen LogP contribution in [0, 0.1) is 10.1 Å². The van der Waals surface area contributed by atoms with E-state index in [-0.39, 0.29) is 10.6 Å². The zero-order chi connectivity index (χ0) is 23.1. The summed E-state index contributed by atoms with van der Waals surface area (Å²) in [5.74, 6) is 0. The van der Waals surface area contributed by atoms with Gasteiger partial charge in [0.15, 0.2) is 0 Å². The average molecular weight is 441 g/mol. The van der Waals surface area contributed by atoms with Gasteiger partial charge in [-0.2, -0.15) is 0 Å². The lowest BCUT2D eigenvalue weighted by Crippen LogP contribution is -2.28. The Morgan fingerprint density at radius 2 is 1.18 bits per heavy atom. The average Bonchev–Trinajstić information content (AvgIpc) is 3.21. The summed E-state index contributed by atoms with van der Waals surface area (Å²) in [6.07, 6.45) is 3.65. The number of rotatable bonds is 4. The Hall–Kier alpha value is -4.57. The first-order valence-electron chi connectivity index (χ1n) is 11.2. The van der Waals surface area contributed by atoms with Gasteiger partial charge in [0, 0.05) is 18.5 Å². The minimum absolute atomic E-state index is 0.106. The van der Waals surface area contributed by atoms with Crippen LogP contribution in [0.1, 0.15) is 22.3 Å². The molecule has 0 radical (unpaired) electrons. The Kier molecular flexibility index (Phi) is 4.59. The Labute approximate surface area is 197 Å². The van der Waals surface area contributed by atoms with Crippen molar-refractivity contribution >= 4 is 5.69 Å². The van der Waals surface area contributed by atoms with E-state index in [0.29, 0.717) is 5.56 Å². The fourth-order valence-electron chi connectivity index (χ4n) is 5.49. The fourth-order valence-corrected chi connectivity index (χ4v) is 5.49. The van der Waals surface area contributed by atoms with Gasteiger partial charge in [0.1, 0.15) is 0 Å². The molecule has 0 fully saturated rings. The van der Waals surface area contributed by atoms with Gasteiger partial charge in [0.25, 0.3) is 5.69 Å². The van der Waals surface area contributed by atoms with Crippen molar-refractivity contribution in [1.29, 1.82) is 0 Å². The molecule has 4 heteroatoms. The number of nitro groups is 1. The lowest BCUT2D eigenvalue weighted by molar-refractivity contribution is -0.384. The molecular weight excluding hydrogens is 420 g/mol. The molecule has 5 aromatic rings. The van der Waals surface area contributed by atoms with Crippen molar-refractivity contribution in [1.82, 2.24) is 4.98 Å². The first-order valence-corrected chi connectivity index (χ1v) is 11.2. The van der Waals surface area contributed by atoms with Crippen LogP contribution in [-0.2, 0) is 5.41 Å². The molecule has 162 valence electrons. The third-order valence-corrected chi connectivity index (χ3v) is 6.78. The van der Waals surface area contributed by atoms with Crippen LogP contribution in [0.5, 0.6) is 0 Å². The second-order valence-electron chi connectivity index (χ2n) is 8.40. The molecule has 1 heterocycles. The largest absolute Gasteiger partial charge is 0.277 e. The van der Waals surface area contributed by atoms with E-state index in [1.54, 1.807) is 12.1 Å². The Morgan fingerprint density at radius 3 is 1.94 bits per heavy atom. The third kappa shape index (κ3) is 2.75. The lowest BCUT2D eigenvalue weighted by atomic mass is 9.68. The second kappa shape index (κ2) is 7.78. The van der Waals surface area contributed by atoms with Gasteiger partial charge in [-0.1, -0.05) is 84.9 Å². The van der Waals surface area contributed by atoms with Crippen molar-refractivity contribution in [2.75, 3.05) is 0 Å². The van der Waals surface area contributed by atoms with Crippen LogP contribution < -0.4 is 0 Å². The summed E-state index contributed by atoms with van der Waals surface area (Å²) in [5.41, 5.74) is 7.69. The number of para-hydroxylation sites is 1. The molecule has 0 aliphatic heterocycles. The summed E-state index contributed by atoms with van der Waals surface area (Å²) in [6.45, 7) is 0. The molecular formula is C30H20N2O2. The van der Waals surface area contributed by atoms with E-state index < -0.39 is 5.41 Å². The summed E-state index contributed by atoms with van der Waals surface area (Å²) in [5, 5.41) is 11.9. The molecule has 0 spiro atoms. The number of aromatic nitrogens is 1. The molecule has 1 atom stereocenters. The molecule has 0 saturated heterocycles. The maximum absolute atomic E-state index is 11.9. The molecule has 4 nitrogen and oxygen atoms in total. The smallest absolute Gasteiger partial charge is 0.265 e. The van der Waals surface area contributed by atoms with E-state index in [4.69, 9.17) is 0 Å². The van der Waals surface area contributed by atoms with Gasteiger partial charge in [-0.15, -0.1) is 0 Å². The predicted octanol–water partition coefficient (Wildman–Crippen LogP) is 7.02. The van der Waals surface area contributed by atoms with Gasteiger partial charge in [-0.25, -0.2) is 0 Å². The maximum atomic E-state index is 11.9. The minimum Gasteiger partial charge on any atom is -0.265 e. The molecule has 0 bridgehead atoms. The van der Waals surface area contributed by atoms with E-state index in [2.05, 4.69) is 65.6 Å². The van der Waals surface area contributed by atoms with Crippen molar-refractivity contribution in [3.8, 4) is 22.3 Å². The minimum atomic E-state index is -0.560. The molecule has 0 amide bonds. The van der Waals surface area contributed by atoms with Gasteiger partial charge < -0.3 is 0 Å². The van der Waals surface area contributed by atoms with E-state index in [9.17, 15) is 10.1 Å². The van der Waals surface area contributed by atoms with E-state index >= 15 is 0 Å². The van der Waals surface area contributed by atoms with Crippen LogP contribution in [0.2, 0.25) is 0 Å². The van der Waals surface area contributed by atoms with Gasteiger partial charge in [0.05, 0.1) is 15.9 Å². The molecule has 1 aromatic heterocycles. The summed E-state index contributed by atoms with van der Waals surface area (Å²) >= 11 is 0. The molecule has 1 unspecified atom stereocenters. The van der Waals surface area contributed by atoms with Crippen LogP contribution in [0.25, 0.3) is 22.3 Å². The van der Waals surface area contributed by atoms with Crippen molar-refractivity contribution in [2.45, 2.75) is 5.41 Å². The van der Waals surface area contributed by atoms with E-state index in [1.165, 1.54) is 0 Å². The van der Waals surface area contributed by atoms with Gasteiger partial charge >= 0.3 is 0 Å². The monoisotopic (exact) mass is 440 g/mol. The van der Waals surface area contributed by atoms with Crippen LogP contribution >= 0.6 is 0 Å². The zero-order valence-corrected chi connectivity index (χ0v) is 18.3. The molecule has 0 N–H and O–H groups in total. The van der Waals surface area contributed by atoms with Crippen molar-refractivity contribution in [2.24, 2.45) is 0 Å². The Balaban J connectivity index is 1.78. The highest BCUT2D eigenvalue weighted by molar-refractivity contribution is 5.97. The summed E-state index contributed by atoms with van der Waals surface area (Å²) in [4.78, 5) is 15.9. The Bertz CT molecular complexity index is 1490. The topological polar surface area (TPSA) is 56.0 Å². The number of benzene rings is 4. The maximum Gasteiger partial charge on any atom is 0.277 e. The van der Waals surface area contributed by atoms with Gasteiger partial charge in [-0.3, -0.25) is 15.1 Å². The highest BCUT2D eigenvalue weighted by Gasteiger charge is 2.47. The van der Waals surface area contributed by atoms with Crippen molar-refractivity contribution in [3.63, 3.8) is 0 Å². The molecule has 0 saturated carbocycles. The molecule has 6 rings (SSSR count). The Morgan fingerprint density at radius 1 is 0.588 bits per heavy atom. The molecule has 34 heavy (non-hydrogen) atoms. The molecule has 4 aromatic carbocycles. The fraction of sp³-hybridized carbons (Fsp3) is 0.0333. The highest BCUT2D eigenvalue weighted by Crippen LogP contribution is 2.58. The van der Waals surface area contributed by atoms with Gasteiger partial charge in [0.2, 0.25) is 0 Å². The van der Waals surface area contributed by atoms with E-state index in [1.807, 2.05) is 48.8 Å². The normalized spacial score (nSPS) is 16.0. The summed E-state index contributed by atoms with van der Waals surface area (Å²) in [6, 6.07) is 36.1. The second-order valence-corrected chi connectivity index (χ2v) is 8.40. The van der Waals surface area contributed by atoms with E-state index in [0.717, 1.165) is 38.9 Å². The number of nitro benzene ring substituents is 1. The number of nitrogens with zero attached hydrogens (tertiary/aromatic N) is 2. The zero-order valence-electron chi connectivity index (χ0n) is 18.3. The first-order chi connectivity index (χ1) is 16.7.